The molecular weight excluding hydrogens is 464 g/mol. The van der Waals surface area contributed by atoms with Crippen LogP contribution in [0.4, 0.5) is 5.69 Å². The summed E-state index contributed by atoms with van der Waals surface area (Å²) >= 11 is 6.24. The van der Waals surface area contributed by atoms with Crippen molar-refractivity contribution in [2.24, 2.45) is 0 Å². The van der Waals surface area contributed by atoms with Gasteiger partial charge in [0.05, 0.1) is 16.5 Å². The molecule has 1 amide bonds. The number of amides is 1. The first-order valence-corrected chi connectivity index (χ1v) is 13.2. The van der Waals surface area contributed by atoms with Gasteiger partial charge in [-0.3, -0.25) is 9.52 Å². The van der Waals surface area contributed by atoms with E-state index >= 15 is 0 Å². The Morgan fingerprint density at radius 2 is 1.67 bits per heavy atom. The quantitative estimate of drug-likeness (QED) is 0.503. The number of benzene rings is 2. The second kappa shape index (κ2) is 12.1. The maximum absolute atomic E-state index is 12.7. The highest BCUT2D eigenvalue weighted by atomic mass is 35.5. The van der Waals surface area contributed by atoms with Crippen molar-refractivity contribution >= 4 is 33.2 Å². The number of sulfonamides is 1. The predicted molar refractivity (Wildman–Crippen MR) is 130 cm³/mol. The van der Waals surface area contributed by atoms with E-state index in [1.807, 2.05) is 6.92 Å². The van der Waals surface area contributed by atoms with Crippen LogP contribution in [0.1, 0.15) is 51.9 Å². The first-order valence-electron chi connectivity index (χ1n) is 11.3. The van der Waals surface area contributed by atoms with Gasteiger partial charge >= 0.3 is 0 Å². The van der Waals surface area contributed by atoms with Crippen molar-refractivity contribution in [3.8, 4) is 11.5 Å². The molecule has 0 radical (unpaired) electrons. The number of carbonyl (C=O) groups excluding carboxylic acids is 1. The van der Waals surface area contributed by atoms with Crippen molar-refractivity contribution in [2.75, 3.05) is 17.9 Å². The Labute approximate surface area is 200 Å². The van der Waals surface area contributed by atoms with Crippen LogP contribution >= 0.6 is 11.6 Å². The maximum Gasteiger partial charge on any atom is 0.261 e. The number of carbonyl (C=O) groups is 1. The summed E-state index contributed by atoms with van der Waals surface area (Å²) in [6, 6.07) is 11.0. The van der Waals surface area contributed by atoms with E-state index in [9.17, 15) is 13.2 Å². The Balaban J connectivity index is 1.56. The lowest BCUT2D eigenvalue weighted by molar-refractivity contribution is -0.123. The fourth-order valence-electron chi connectivity index (χ4n) is 3.78. The Morgan fingerprint density at radius 3 is 2.30 bits per heavy atom. The van der Waals surface area contributed by atoms with Crippen LogP contribution in [0.5, 0.6) is 11.5 Å². The van der Waals surface area contributed by atoms with Gasteiger partial charge in [0.1, 0.15) is 11.5 Å². The van der Waals surface area contributed by atoms with Crippen molar-refractivity contribution in [1.29, 1.82) is 0 Å². The van der Waals surface area contributed by atoms with E-state index < -0.39 is 10.0 Å². The third kappa shape index (κ3) is 7.82. The molecule has 0 unspecified atom stereocenters. The van der Waals surface area contributed by atoms with Crippen LogP contribution in [0.2, 0.25) is 5.02 Å². The first kappa shape index (κ1) is 25.2. The van der Waals surface area contributed by atoms with E-state index in [0.717, 1.165) is 25.7 Å². The highest BCUT2D eigenvalue weighted by Crippen LogP contribution is 2.28. The highest BCUT2D eigenvalue weighted by Gasteiger charge is 2.18. The Bertz CT molecular complexity index is 1020. The van der Waals surface area contributed by atoms with E-state index in [2.05, 4.69) is 10.0 Å². The summed E-state index contributed by atoms with van der Waals surface area (Å²) in [5.41, 5.74) is 0.404. The summed E-state index contributed by atoms with van der Waals surface area (Å²) in [6.07, 6.45) is 7.91. The van der Waals surface area contributed by atoms with Crippen LogP contribution in [0, 0.1) is 0 Å². The van der Waals surface area contributed by atoms with E-state index in [4.69, 9.17) is 21.1 Å². The monoisotopic (exact) mass is 494 g/mol. The third-order valence-electron chi connectivity index (χ3n) is 5.46. The van der Waals surface area contributed by atoms with Gasteiger partial charge < -0.3 is 14.8 Å². The second-order valence-electron chi connectivity index (χ2n) is 8.05. The molecule has 0 atom stereocenters. The smallest absolute Gasteiger partial charge is 0.261 e. The van der Waals surface area contributed by atoms with Crippen LogP contribution in [0.3, 0.4) is 0 Å². The molecule has 0 aromatic heterocycles. The van der Waals surface area contributed by atoms with Crippen molar-refractivity contribution in [3.05, 3.63) is 47.5 Å². The van der Waals surface area contributed by atoms with Gasteiger partial charge in [0.2, 0.25) is 0 Å². The Morgan fingerprint density at radius 1 is 1.00 bits per heavy atom. The van der Waals surface area contributed by atoms with Gasteiger partial charge in [0, 0.05) is 11.7 Å². The lowest BCUT2D eigenvalue weighted by atomic mass is 9.97. The van der Waals surface area contributed by atoms with Gasteiger partial charge in [-0.25, -0.2) is 8.42 Å². The first-order chi connectivity index (χ1) is 15.9. The average Bonchev–Trinajstić information content (AvgIpc) is 2.76. The number of rotatable bonds is 9. The van der Waals surface area contributed by atoms with Crippen LogP contribution in [-0.4, -0.2) is 33.6 Å². The molecule has 9 heteroatoms. The summed E-state index contributed by atoms with van der Waals surface area (Å²) in [7, 11) is -3.84. The molecule has 0 saturated heterocycles. The topological polar surface area (TPSA) is 93.7 Å². The molecule has 0 aliphatic heterocycles. The number of ether oxygens (including phenoxy) is 2. The minimum Gasteiger partial charge on any atom is -0.494 e. The fourth-order valence-corrected chi connectivity index (χ4v) is 5.16. The van der Waals surface area contributed by atoms with Crippen LogP contribution in [-0.2, 0) is 14.8 Å². The molecule has 1 fully saturated rings. The lowest BCUT2D eigenvalue weighted by Gasteiger charge is -2.21. The van der Waals surface area contributed by atoms with Crippen molar-refractivity contribution < 1.29 is 22.7 Å². The average molecular weight is 495 g/mol. The normalized spacial score (nSPS) is 15.2. The molecule has 0 bridgehead atoms. The summed E-state index contributed by atoms with van der Waals surface area (Å²) in [6.45, 7) is 2.23. The molecule has 33 heavy (non-hydrogen) atoms. The molecule has 0 spiro atoms. The van der Waals surface area contributed by atoms with Crippen molar-refractivity contribution in [2.45, 2.75) is 62.8 Å². The van der Waals surface area contributed by atoms with Crippen molar-refractivity contribution in [1.82, 2.24) is 5.32 Å². The van der Waals surface area contributed by atoms with E-state index in [-0.39, 0.29) is 34.2 Å². The largest absolute Gasteiger partial charge is 0.494 e. The molecule has 0 heterocycles. The molecule has 2 aromatic carbocycles. The number of anilines is 1. The van der Waals surface area contributed by atoms with E-state index in [0.29, 0.717) is 18.0 Å². The summed E-state index contributed by atoms with van der Waals surface area (Å²) in [5.74, 6) is 0.707. The summed E-state index contributed by atoms with van der Waals surface area (Å²) in [5, 5.41) is 3.14. The zero-order valence-corrected chi connectivity index (χ0v) is 20.4. The number of halogens is 1. The van der Waals surface area contributed by atoms with Crippen LogP contribution in [0.15, 0.2) is 47.4 Å². The van der Waals surface area contributed by atoms with Crippen LogP contribution in [0.25, 0.3) is 0 Å². The SMILES string of the molecule is CCOc1ccc(NS(=O)(=O)c2ccc(OCC(=O)NC3CCCCCCC3)c(Cl)c2)cc1. The van der Waals surface area contributed by atoms with E-state index in [1.54, 1.807) is 24.3 Å². The molecule has 180 valence electrons. The Hall–Kier alpha value is -2.45. The lowest BCUT2D eigenvalue weighted by Crippen LogP contribution is -2.38. The standard InChI is InChI=1S/C24H31ClN2O5S/c1-2-31-20-12-10-19(11-13-20)27-33(29,30)21-14-15-23(22(25)16-21)32-17-24(28)26-18-8-6-4-3-5-7-9-18/h10-16,18,27H,2-9,17H2,1H3,(H,26,28). The second-order valence-corrected chi connectivity index (χ2v) is 10.1. The molecular formula is C24H31ClN2O5S. The Kier molecular flexibility index (Phi) is 9.26. The highest BCUT2D eigenvalue weighted by molar-refractivity contribution is 7.92. The number of hydrogen-bond acceptors (Lipinski definition) is 5. The van der Waals surface area contributed by atoms with Crippen molar-refractivity contribution in [3.63, 3.8) is 0 Å². The number of hydrogen-bond donors (Lipinski definition) is 2. The maximum atomic E-state index is 12.7. The minimum atomic E-state index is -3.84. The molecule has 1 saturated carbocycles. The van der Waals surface area contributed by atoms with Gasteiger partial charge in [0.25, 0.3) is 15.9 Å². The van der Waals surface area contributed by atoms with E-state index in [1.165, 1.54) is 37.5 Å². The van der Waals surface area contributed by atoms with Gasteiger partial charge in [-0.2, -0.15) is 0 Å². The zero-order valence-electron chi connectivity index (χ0n) is 18.8. The molecule has 1 aliphatic rings. The summed E-state index contributed by atoms with van der Waals surface area (Å²) < 4.78 is 38.8. The third-order valence-corrected chi connectivity index (χ3v) is 7.13. The predicted octanol–water partition coefficient (Wildman–Crippen LogP) is 5.15. The van der Waals surface area contributed by atoms with Gasteiger partial charge in [-0.05, 0) is 62.2 Å². The van der Waals surface area contributed by atoms with Gasteiger partial charge in [-0.15, -0.1) is 0 Å². The molecule has 2 aromatic rings. The summed E-state index contributed by atoms with van der Waals surface area (Å²) in [4.78, 5) is 12.3. The molecule has 2 N–H and O–H groups in total. The molecule has 7 nitrogen and oxygen atoms in total. The molecule has 3 rings (SSSR count). The number of nitrogens with one attached hydrogen (secondary N) is 2. The van der Waals surface area contributed by atoms with Gasteiger partial charge in [-0.1, -0.05) is 43.7 Å². The van der Waals surface area contributed by atoms with Gasteiger partial charge in [0.15, 0.2) is 6.61 Å². The zero-order chi connectivity index (χ0) is 23.7. The minimum absolute atomic E-state index is 0.00675. The molecule has 1 aliphatic carbocycles. The fraction of sp³-hybridized carbons (Fsp3) is 0.458. The van der Waals surface area contributed by atoms with Crippen LogP contribution < -0.4 is 19.5 Å².